The number of aromatic hydroxyl groups is 1. The van der Waals surface area contributed by atoms with E-state index in [1.807, 2.05) is 19.9 Å². The molecular formula is C16H14F3NO2. The Hall–Kier alpha value is -2.50. The summed E-state index contributed by atoms with van der Waals surface area (Å²) in [5, 5.41) is 12.2. The molecule has 2 rings (SSSR count). The molecule has 6 heteroatoms. The van der Waals surface area contributed by atoms with Crippen LogP contribution in [-0.4, -0.2) is 11.0 Å². The van der Waals surface area contributed by atoms with Gasteiger partial charge in [-0.3, -0.25) is 4.79 Å². The predicted molar refractivity (Wildman–Crippen MR) is 77.0 cm³/mol. The molecule has 116 valence electrons. The molecule has 0 aliphatic rings. The van der Waals surface area contributed by atoms with E-state index in [0.29, 0.717) is 11.8 Å². The van der Waals surface area contributed by atoms with E-state index in [4.69, 9.17) is 0 Å². The van der Waals surface area contributed by atoms with Crippen molar-refractivity contribution < 1.29 is 23.1 Å². The summed E-state index contributed by atoms with van der Waals surface area (Å²) in [5.74, 6) is -1.38. The van der Waals surface area contributed by atoms with Gasteiger partial charge >= 0.3 is 6.18 Å². The molecule has 0 aliphatic carbocycles. The van der Waals surface area contributed by atoms with Crippen LogP contribution in [0.5, 0.6) is 5.75 Å². The Bertz CT molecular complexity index is 724. The van der Waals surface area contributed by atoms with Gasteiger partial charge < -0.3 is 10.4 Å². The van der Waals surface area contributed by atoms with E-state index in [1.165, 1.54) is 0 Å². The van der Waals surface area contributed by atoms with Crippen molar-refractivity contribution in [2.24, 2.45) is 0 Å². The van der Waals surface area contributed by atoms with Gasteiger partial charge in [-0.2, -0.15) is 13.2 Å². The Labute approximate surface area is 125 Å². The van der Waals surface area contributed by atoms with E-state index in [-0.39, 0.29) is 5.56 Å². The number of aryl methyl sites for hydroxylation is 2. The number of phenolic OH excluding ortho intramolecular Hbond substituents is 1. The van der Waals surface area contributed by atoms with E-state index in [2.05, 4.69) is 5.32 Å². The van der Waals surface area contributed by atoms with Crippen LogP contribution in [-0.2, 0) is 6.18 Å². The third kappa shape index (κ3) is 3.39. The minimum atomic E-state index is -4.57. The average molecular weight is 309 g/mol. The standard InChI is InChI=1S/C16H14F3NO2/c1-9-3-5-12(7-10(9)2)20-15(22)13-6-4-11(8-14(13)21)16(17,18)19/h3-8,21H,1-2H3,(H,20,22). The maximum absolute atomic E-state index is 12.5. The molecule has 0 saturated heterocycles. The maximum Gasteiger partial charge on any atom is 0.416 e. The van der Waals surface area contributed by atoms with Crippen LogP contribution in [0.3, 0.4) is 0 Å². The quantitative estimate of drug-likeness (QED) is 0.870. The smallest absolute Gasteiger partial charge is 0.416 e. The van der Waals surface area contributed by atoms with Gasteiger partial charge in [0, 0.05) is 5.69 Å². The summed E-state index contributed by atoms with van der Waals surface area (Å²) >= 11 is 0. The van der Waals surface area contributed by atoms with Crippen LogP contribution < -0.4 is 5.32 Å². The lowest BCUT2D eigenvalue weighted by Crippen LogP contribution is -2.13. The maximum atomic E-state index is 12.5. The van der Waals surface area contributed by atoms with Crippen molar-refractivity contribution in [3.05, 3.63) is 58.7 Å². The van der Waals surface area contributed by atoms with Crippen molar-refractivity contribution >= 4 is 11.6 Å². The Kier molecular flexibility index (Phi) is 4.12. The van der Waals surface area contributed by atoms with E-state index >= 15 is 0 Å². The van der Waals surface area contributed by atoms with Gasteiger partial charge in [-0.25, -0.2) is 0 Å². The zero-order chi connectivity index (χ0) is 16.5. The van der Waals surface area contributed by atoms with Crippen LogP contribution in [0.25, 0.3) is 0 Å². The van der Waals surface area contributed by atoms with Gasteiger partial charge in [-0.15, -0.1) is 0 Å². The lowest BCUT2D eigenvalue weighted by molar-refractivity contribution is -0.137. The Morgan fingerprint density at radius 2 is 1.73 bits per heavy atom. The van der Waals surface area contributed by atoms with Crippen LogP contribution in [0.4, 0.5) is 18.9 Å². The highest BCUT2D eigenvalue weighted by molar-refractivity contribution is 6.06. The second kappa shape index (κ2) is 5.71. The van der Waals surface area contributed by atoms with E-state index < -0.39 is 23.4 Å². The molecule has 0 fully saturated rings. The number of benzene rings is 2. The van der Waals surface area contributed by atoms with Crippen molar-refractivity contribution in [3.63, 3.8) is 0 Å². The molecule has 0 unspecified atom stereocenters. The van der Waals surface area contributed by atoms with Crippen molar-refractivity contribution in [1.82, 2.24) is 0 Å². The first-order valence-electron chi connectivity index (χ1n) is 6.47. The first-order valence-corrected chi connectivity index (χ1v) is 6.47. The Morgan fingerprint density at radius 3 is 2.27 bits per heavy atom. The number of hydrogen-bond donors (Lipinski definition) is 2. The summed E-state index contributed by atoms with van der Waals surface area (Å²) in [7, 11) is 0. The molecule has 2 aromatic rings. The Balaban J connectivity index is 2.24. The van der Waals surface area contributed by atoms with Gasteiger partial charge in [-0.1, -0.05) is 6.07 Å². The fraction of sp³-hybridized carbons (Fsp3) is 0.188. The van der Waals surface area contributed by atoms with Crippen LogP contribution in [0.2, 0.25) is 0 Å². The number of amides is 1. The molecule has 0 saturated carbocycles. The number of carbonyl (C=O) groups is 1. The molecular weight excluding hydrogens is 295 g/mol. The highest BCUT2D eigenvalue weighted by Gasteiger charge is 2.31. The lowest BCUT2D eigenvalue weighted by atomic mass is 10.1. The summed E-state index contributed by atoms with van der Waals surface area (Å²) in [5.41, 5.74) is 1.30. The molecule has 0 radical (unpaired) electrons. The molecule has 0 bridgehead atoms. The fourth-order valence-corrected chi connectivity index (χ4v) is 1.92. The molecule has 0 heterocycles. The van der Waals surface area contributed by atoms with Crippen LogP contribution in [0.1, 0.15) is 27.0 Å². The summed E-state index contributed by atoms with van der Waals surface area (Å²) in [6, 6.07) is 7.49. The first kappa shape index (κ1) is 15.9. The summed E-state index contributed by atoms with van der Waals surface area (Å²) in [6.07, 6.45) is -4.57. The number of halogens is 3. The molecule has 2 aromatic carbocycles. The SMILES string of the molecule is Cc1ccc(NC(=O)c2ccc(C(F)(F)F)cc2O)cc1C. The highest BCUT2D eigenvalue weighted by atomic mass is 19.4. The molecule has 0 spiro atoms. The van der Waals surface area contributed by atoms with Crippen molar-refractivity contribution in [1.29, 1.82) is 0 Å². The second-order valence-corrected chi connectivity index (χ2v) is 4.98. The van der Waals surface area contributed by atoms with Crippen molar-refractivity contribution in [2.75, 3.05) is 5.32 Å². The number of hydrogen-bond acceptors (Lipinski definition) is 2. The molecule has 0 aliphatic heterocycles. The zero-order valence-electron chi connectivity index (χ0n) is 12.0. The fourth-order valence-electron chi connectivity index (χ4n) is 1.92. The van der Waals surface area contributed by atoms with Crippen molar-refractivity contribution in [3.8, 4) is 5.75 Å². The third-order valence-electron chi connectivity index (χ3n) is 3.33. The highest BCUT2D eigenvalue weighted by Crippen LogP contribution is 2.32. The van der Waals surface area contributed by atoms with Crippen molar-refractivity contribution in [2.45, 2.75) is 20.0 Å². The molecule has 0 aromatic heterocycles. The van der Waals surface area contributed by atoms with Crippen LogP contribution >= 0.6 is 0 Å². The largest absolute Gasteiger partial charge is 0.507 e. The molecule has 3 nitrogen and oxygen atoms in total. The molecule has 22 heavy (non-hydrogen) atoms. The number of phenols is 1. The zero-order valence-corrected chi connectivity index (χ0v) is 12.0. The predicted octanol–water partition coefficient (Wildman–Crippen LogP) is 4.28. The van der Waals surface area contributed by atoms with E-state index in [1.54, 1.807) is 12.1 Å². The van der Waals surface area contributed by atoms with Crippen LogP contribution in [0.15, 0.2) is 36.4 Å². The van der Waals surface area contributed by atoms with E-state index in [0.717, 1.165) is 23.3 Å². The third-order valence-corrected chi connectivity index (χ3v) is 3.33. The summed E-state index contributed by atoms with van der Waals surface area (Å²) in [4.78, 5) is 12.0. The van der Waals surface area contributed by atoms with Gasteiger partial charge in [0.25, 0.3) is 5.91 Å². The minimum absolute atomic E-state index is 0.216. The normalized spacial score (nSPS) is 11.3. The first-order chi connectivity index (χ1) is 10.2. The summed E-state index contributed by atoms with van der Waals surface area (Å²) in [6.45, 7) is 3.79. The number of anilines is 1. The van der Waals surface area contributed by atoms with E-state index in [9.17, 15) is 23.1 Å². The van der Waals surface area contributed by atoms with Gasteiger partial charge in [0.15, 0.2) is 0 Å². The van der Waals surface area contributed by atoms with Crippen LogP contribution in [0, 0.1) is 13.8 Å². The molecule has 0 atom stereocenters. The number of rotatable bonds is 2. The topological polar surface area (TPSA) is 49.3 Å². The molecule has 1 amide bonds. The monoisotopic (exact) mass is 309 g/mol. The number of alkyl halides is 3. The Morgan fingerprint density at radius 1 is 1.05 bits per heavy atom. The summed E-state index contributed by atoms with van der Waals surface area (Å²) < 4.78 is 37.6. The van der Waals surface area contributed by atoms with Gasteiger partial charge in [0.2, 0.25) is 0 Å². The lowest BCUT2D eigenvalue weighted by Gasteiger charge is -2.11. The molecule has 2 N–H and O–H groups in total. The second-order valence-electron chi connectivity index (χ2n) is 4.98. The van der Waals surface area contributed by atoms with Gasteiger partial charge in [0.1, 0.15) is 5.75 Å². The minimum Gasteiger partial charge on any atom is -0.507 e. The number of nitrogens with one attached hydrogen (secondary N) is 1. The van der Waals surface area contributed by atoms with Gasteiger partial charge in [-0.05, 0) is 55.3 Å². The number of carbonyl (C=O) groups excluding carboxylic acids is 1. The average Bonchev–Trinajstić information content (AvgIpc) is 2.41. The van der Waals surface area contributed by atoms with Gasteiger partial charge in [0.05, 0.1) is 11.1 Å².